The SMILES string of the molecule is CN1CCCC(N2CCOC(CC(=O)O)C2)C1. The van der Waals surface area contributed by atoms with Crippen LogP contribution in [0, 0.1) is 0 Å². The molecule has 5 nitrogen and oxygen atoms in total. The predicted octanol–water partition coefficient (Wildman–Crippen LogP) is 0.256. The van der Waals surface area contributed by atoms with Crippen molar-refractivity contribution in [2.24, 2.45) is 0 Å². The van der Waals surface area contributed by atoms with E-state index in [1.54, 1.807) is 0 Å². The van der Waals surface area contributed by atoms with Crippen molar-refractivity contribution in [3.8, 4) is 0 Å². The third-order valence-electron chi connectivity index (χ3n) is 3.69. The molecule has 0 aliphatic carbocycles. The summed E-state index contributed by atoms with van der Waals surface area (Å²) in [5.41, 5.74) is 0. The molecule has 0 bridgehead atoms. The monoisotopic (exact) mass is 242 g/mol. The van der Waals surface area contributed by atoms with Gasteiger partial charge >= 0.3 is 5.97 Å². The molecule has 2 atom stereocenters. The Balaban J connectivity index is 1.85. The fourth-order valence-corrected chi connectivity index (χ4v) is 2.83. The summed E-state index contributed by atoms with van der Waals surface area (Å²) >= 11 is 0. The van der Waals surface area contributed by atoms with Crippen LogP contribution >= 0.6 is 0 Å². The number of ether oxygens (including phenoxy) is 1. The van der Waals surface area contributed by atoms with Gasteiger partial charge < -0.3 is 14.7 Å². The van der Waals surface area contributed by atoms with Gasteiger partial charge in [0.1, 0.15) is 0 Å². The number of hydrogen-bond acceptors (Lipinski definition) is 4. The Kier molecular flexibility index (Phi) is 4.36. The molecule has 1 N–H and O–H groups in total. The summed E-state index contributed by atoms with van der Waals surface area (Å²) in [6.07, 6.45) is 2.46. The molecular formula is C12H22N2O3. The molecule has 0 saturated carbocycles. The van der Waals surface area contributed by atoms with E-state index >= 15 is 0 Å². The van der Waals surface area contributed by atoms with Crippen molar-refractivity contribution in [2.75, 3.05) is 39.8 Å². The van der Waals surface area contributed by atoms with Crippen molar-refractivity contribution in [1.82, 2.24) is 9.80 Å². The molecule has 2 fully saturated rings. The minimum absolute atomic E-state index is 0.124. The summed E-state index contributed by atoms with van der Waals surface area (Å²) in [5.74, 6) is -0.766. The van der Waals surface area contributed by atoms with Gasteiger partial charge in [-0.1, -0.05) is 0 Å². The Bertz CT molecular complexity index is 272. The number of piperidine rings is 1. The number of aliphatic carboxylic acids is 1. The van der Waals surface area contributed by atoms with Gasteiger partial charge in [0.2, 0.25) is 0 Å². The fourth-order valence-electron chi connectivity index (χ4n) is 2.83. The van der Waals surface area contributed by atoms with Crippen LogP contribution in [0.4, 0.5) is 0 Å². The summed E-state index contributed by atoms with van der Waals surface area (Å²) in [6.45, 7) is 4.65. The number of carboxylic acid groups (broad SMARTS) is 1. The number of carboxylic acids is 1. The van der Waals surface area contributed by atoms with E-state index in [4.69, 9.17) is 9.84 Å². The Hall–Kier alpha value is -0.650. The van der Waals surface area contributed by atoms with Crippen LogP contribution in [0.5, 0.6) is 0 Å². The highest BCUT2D eigenvalue weighted by Crippen LogP contribution is 2.18. The first-order valence-corrected chi connectivity index (χ1v) is 6.41. The molecule has 2 rings (SSSR count). The number of rotatable bonds is 3. The molecule has 2 heterocycles. The molecule has 0 radical (unpaired) electrons. The van der Waals surface area contributed by atoms with E-state index in [-0.39, 0.29) is 12.5 Å². The van der Waals surface area contributed by atoms with Gasteiger partial charge in [0.15, 0.2) is 0 Å². The molecule has 2 unspecified atom stereocenters. The summed E-state index contributed by atoms with van der Waals surface area (Å²) < 4.78 is 5.50. The maximum absolute atomic E-state index is 10.7. The van der Waals surface area contributed by atoms with Crippen LogP contribution in [0.25, 0.3) is 0 Å². The zero-order valence-electron chi connectivity index (χ0n) is 10.5. The number of hydrogen-bond donors (Lipinski definition) is 1. The third kappa shape index (κ3) is 3.66. The van der Waals surface area contributed by atoms with Crippen molar-refractivity contribution in [1.29, 1.82) is 0 Å². The fraction of sp³-hybridized carbons (Fsp3) is 0.917. The second kappa shape index (κ2) is 5.80. The van der Waals surface area contributed by atoms with E-state index in [0.29, 0.717) is 12.6 Å². The van der Waals surface area contributed by atoms with Crippen LogP contribution in [0.1, 0.15) is 19.3 Å². The van der Waals surface area contributed by atoms with Gasteiger partial charge in [-0.15, -0.1) is 0 Å². The lowest BCUT2D eigenvalue weighted by Crippen LogP contribution is -2.53. The highest BCUT2D eigenvalue weighted by Gasteiger charge is 2.29. The maximum atomic E-state index is 10.7. The highest BCUT2D eigenvalue weighted by molar-refractivity contribution is 5.67. The first-order valence-electron chi connectivity index (χ1n) is 6.41. The van der Waals surface area contributed by atoms with E-state index < -0.39 is 5.97 Å². The first kappa shape index (κ1) is 12.8. The summed E-state index contributed by atoms with van der Waals surface area (Å²) in [7, 11) is 2.15. The lowest BCUT2D eigenvalue weighted by molar-refractivity contribution is -0.142. The van der Waals surface area contributed by atoms with Gasteiger partial charge in [-0.3, -0.25) is 9.69 Å². The van der Waals surface area contributed by atoms with Gasteiger partial charge in [0, 0.05) is 25.7 Å². The Morgan fingerprint density at radius 2 is 2.24 bits per heavy atom. The lowest BCUT2D eigenvalue weighted by Gasteiger charge is -2.41. The molecule has 17 heavy (non-hydrogen) atoms. The minimum atomic E-state index is -0.766. The predicted molar refractivity (Wildman–Crippen MR) is 64.1 cm³/mol. The average Bonchev–Trinajstić information content (AvgIpc) is 2.28. The molecule has 2 aliphatic heterocycles. The Morgan fingerprint density at radius 3 is 2.94 bits per heavy atom. The van der Waals surface area contributed by atoms with Crippen molar-refractivity contribution < 1.29 is 14.6 Å². The van der Waals surface area contributed by atoms with E-state index in [9.17, 15) is 4.79 Å². The molecule has 0 aromatic carbocycles. The first-order chi connectivity index (χ1) is 8.15. The Labute approximate surface area is 102 Å². The van der Waals surface area contributed by atoms with Crippen LogP contribution in [-0.4, -0.2) is 72.9 Å². The van der Waals surface area contributed by atoms with Gasteiger partial charge in [0.05, 0.1) is 19.1 Å². The van der Waals surface area contributed by atoms with Gasteiger partial charge in [-0.05, 0) is 26.4 Å². The van der Waals surface area contributed by atoms with E-state index in [1.807, 2.05) is 0 Å². The molecule has 0 amide bonds. The average molecular weight is 242 g/mol. The molecule has 2 aliphatic rings. The molecular weight excluding hydrogens is 220 g/mol. The molecule has 5 heteroatoms. The summed E-state index contributed by atoms with van der Waals surface area (Å²) in [4.78, 5) is 15.5. The van der Waals surface area contributed by atoms with Crippen molar-refractivity contribution in [2.45, 2.75) is 31.4 Å². The quantitative estimate of drug-likeness (QED) is 0.769. The van der Waals surface area contributed by atoms with Crippen LogP contribution in [0.2, 0.25) is 0 Å². The second-order valence-corrected chi connectivity index (χ2v) is 5.14. The third-order valence-corrected chi connectivity index (χ3v) is 3.69. The number of morpholine rings is 1. The van der Waals surface area contributed by atoms with Crippen LogP contribution in [0.3, 0.4) is 0 Å². The number of likely N-dealkylation sites (tertiary alicyclic amines) is 1. The minimum Gasteiger partial charge on any atom is -0.481 e. The van der Waals surface area contributed by atoms with Crippen molar-refractivity contribution in [3.63, 3.8) is 0 Å². The van der Waals surface area contributed by atoms with Crippen molar-refractivity contribution >= 4 is 5.97 Å². The van der Waals surface area contributed by atoms with Gasteiger partial charge in [-0.25, -0.2) is 0 Å². The zero-order valence-corrected chi connectivity index (χ0v) is 10.5. The summed E-state index contributed by atoms with van der Waals surface area (Å²) in [5, 5.41) is 8.80. The van der Waals surface area contributed by atoms with Gasteiger partial charge in [0.25, 0.3) is 0 Å². The number of nitrogens with zero attached hydrogens (tertiary/aromatic N) is 2. The van der Waals surface area contributed by atoms with Crippen LogP contribution in [0.15, 0.2) is 0 Å². The van der Waals surface area contributed by atoms with Crippen molar-refractivity contribution in [3.05, 3.63) is 0 Å². The normalized spacial score (nSPS) is 32.5. The van der Waals surface area contributed by atoms with Crippen LogP contribution < -0.4 is 0 Å². The second-order valence-electron chi connectivity index (χ2n) is 5.14. The Morgan fingerprint density at radius 1 is 1.41 bits per heavy atom. The zero-order chi connectivity index (χ0) is 12.3. The largest absolute Gasteiger partial charge is 0.481 e. The number of likely N-dealkylation sites (N-methyl/N-ethyl adjacent to an activating group) is 1. The summed E-state index contributed by atoms with van der Waals surface area (Å²) in [6, 6.07) is 0.578. The highest BCUT2D eigenvalue weighted by atomic mass is 16.5. The molecule has 0 spiro atoms. The molecule has 2 saturated heterocycles. The van der Waals surface area contributed by atoms with E-state index in [1.165, 1.54) is 19.4 Å². The molecule has 0 aromatic heterocycles. The number of carbonyl (C=O) groups is 1. The standard InChI is InChI=1S/C12H22N2O3/c1-13-4-2-3-10(8-13)14-5-6-17-11(9-14)7-12(15)16/h10-11H,2-9H2,1H3,(H,15,16). The van der Waals surface area contributed by atoms with E-state index in [0.717, 1.165) is 19.6 Å². The molecule has 98 valence electrons. The maximum Gasteiger partial charge on any atom is 0.306 e. The molecule has 0 aromatic rings. The topological polar surface area (TPSA) is 53.0 Å². The van der Waals surface area contributed by atoms with E-state index in [2.05, 4.69) is 16.8 Å². The van der Waals surface area contributed by atoms with Gasteiger partial charge in [-0.2, -0.15) is 0 Å². The lowest BCUT2D eigenvalue weighted by atomic mass is 10.0. The smallest absolute Gasteiger partial charge is 0.306 e. The van der Waals surface area contributed by atoms with Crippen LogP contribution in [-0.2, 0) is 9.53 Å².